The maximum atomic E-state index is 13.6. The minimum absolute atomic E-state index is 0.0915. The highest BCUT2D eigenvalue weighted by atomic mass is 79.9. The van der Waals surface area contributed by atoms with Gasteiger partial charge in [0.1, 0.15) is 0 Å². The number of anilines is 1. The van der Waals surface area contributed by atoms with Crippen molar-refractivity contribution in [3.05, 3.63) is 58.3 Å². The maximum absolute atomic E-state index is 13.6. The first kappa shape index (κ1) is 20.6. The summed E-state index contributed by atoms with van der Waals surface area (Å²) in [6.07, 6.45) is 0.350. The average molecular weight is 438 g/mol. The number of carbonyl (C=O) groups excluding carboxylic acids is 3. The smallest absolute Gasteiger partial charge is 0.344 e. The zero-order valence-corrected chi connectivity index (χ0v) is 16.0. The first-order chi connectivity index (χ1) is 12.9. The van der Waals surface area contributed by atoms with Crippen molar-refractivity contribution in [2.45, 2.75) is 13.3 Å². The number of ether oxygens (including phenoxy) is 2. The van der Waals surface area contributed by atoms with Crippen LogP contribution >= 0.6 is 15.9 Å². The van der Waals surface area contributed by atoms with Crippen LogP contribution in [0.5, 0.6) is 5.75 Å². The van der Waals surface area contributed by atoms with Gasteiger partial charge in [-0.05, 0) is 42.5 Å². The summed E-state index contributed by atoms with van der Waals surface area (Å²) >= 11 is 3.11. The third kappa shape index (κ3) is 6.49. The number of amides is 1. The van der Waals surface area contributed by atoms with E-state index in [0.717, 1.165) is 0 Å². The lowest BCUT2D eigenvalue weighted by molar-refractivity contribution is -0.144. The van der Waals surface area contributed by atoms with E-state index in [1.54, 1.807) is 25.1 Å². The Balaban J connectivity index is 1.80. The molecule has 0 aliphatic heterocycles. The molecule has 0 saturated heterocycles. The molecule has 0 saturated carbocycles. The molecular formula is C19H17BrFNO5. The molecule has 2 rings (SSSR count). The summed E-state index contributed by atoms with van der Waals surface area (Å²) < 4.78 is 24.0. The minimum Gasteiger partial charge on any atom is -0.479 e. The van der Waals surface area contributed by atoms with E-state index in [9.17, 15) is 18.8 Å². The van der Waals surface area contributed by atoms with Crippen molar-refractivity contribution in [1.29, 1.82) is 0 Å². The van der Waals surface area contributed by atoms with Crippen molar-refractivity contribution in [3.63, 3.8) is 0 Å². The van der Waals surface area contributed by atoms with E-state index in [1.165, 1.54) is 24.3 Å². The second-order valence-electron chi connectivity index (χ2n) is 5.43. The molecule has 0 fully saturated rings. The molecule has 0 bridgehead atoms. The van der Waals surface area contributed by atoms with Gasteiger partial charge >= 0.3 is 5.97 Å². The quantitative estimate of drug-likeness (QED) is 0.502. The van der Waals surface area contributed by atoms with Gasteiger partial charge in [0.25, 0.3) is 0 Å². The Morgan fingerprint density at radius 1 is 1.07 bits per heavy atom. The van der Waals surface area contributed by atoms with Crippen molar-refractivity contribution in [3.8, 4) is 5.75 Å². The van der Waals surface area contributed by atoms with Crippen LogP contribution in [-0.4, -0.2) is 30.9 Å². The number of esters is 1. The molecule has 2 aromatic rings. The van der Waals surface area contributed by atoms with Gasteiger partial charge in [0.2, 0.25) is 5.91 Å². The van der Waals surface area contributed by atoms with Gasteiger partial charge in [-0.2, -0.15) is 0 Å². The van der Waals surface area contributed by atoms with Gasteiger partial charge in [0.15, 0.2) is 30.6 Å². The summed E-state index contributed by atoms with van der Waals surface area (Å²) in [6, 6.07) is 10.4. The number of Topliss-reactive ketones (excluding diaryl/α,β-unsaturated/α-hetero) is 1. The SMILES string of the molecule is CCC(=O)Nc1ccc(C(=O)COC(=O)COc2ccc(Br)cc2F)cc1. The molecule has 0 aliphatic rings. The molecule has 0 atom stereocenters. The van der Waals surface area contributed by atoms with E-state index < -0.39 is 30.8 Å². The molecule has 27 heavy (non-hydrogen) atoms. The number of nitrogens with one attached hydrogen (secondary N) is 1. The Hall–Kier alpha value is -2.74. The Kier molecular flexibility index (Phi) is 7.48. The van der Waals surface area contributed by atoms with Crippen molar-refractivity contribution >= 4 is 39.3 Å². The van der Waals surface area contributed by atoms with Crippen molar-refractivity contribution in [1.82, 2.24) is 0 Å². The molecule has 0 spiro atoms. The van der Waals surface area contributed by atoms with Crippen molar-refractivity contribution in [2.24, 2.45) is 0 Å². The largest absolute Gasteiger partial charge is 0.479 e. The molecule has 0 radical (unpaired) electrons. The van der Waals surface area contributed by atoms with E-state index in [-0.39, 0.29) is 11.7 Å². The number of ketones is 1. The Morgan fingerprint density at radius 3 is 2.41 bits per heavy atom. The first-order valence-electron chi connectivity index (χ1n) is 8.05. The highest BCUT2D eigenvalue weighted by Crippen LogP contribution is 2.21. The van der Waals surface area contributed by atoms with Gasteiger partial charge in [-0.3, -0.25) is 9.59 Å². The van der Waals surface area contributed by atoms with Crippen molar-refractivity contribution < 1.29 is 28.2 Å². The number of halogens is 2. The number of benzene rings is 2. The lowest BCUT2D eigenvalue weighted by Gasteiger charge is -2.08. The van der Waals surface area contributed by atoms with Crippen LogP contribution in [-0.2, 0) is 14.3 Å². The number of carbonyl (C=O) groups is 3. The minimum atomic E-state index is -0.794. The van der Waals surface area contributed by atoms with Crippen LogP contribution < -0.4 is 10.1 Å². The molecule has 0 heterocycles. The summed E-state index contributed by atoms with van der Waals surface area (Å²) in [6.45, 7) is 0.746. The fourth-order valence-corrected chi connectivity index (χ4v) is 2.32. The zero-order chi connectivity index (χ0) is 19.8. The number of rotatable bonds is 8. The predicted octanol–water partition coefficient (Wildman–Crippen LogP) is 3.74. The molecule has 142 valence electrons. The van der Waals surface area contributed by atoms with E-state index >= 15 is 0 Å². The summed E-state index contributed by atoms with van der Waals surface area (Å²) in [5, 5.41) is 2.66. The fraction of sp³-hybridized carbons (Fsp3) is 0.211. The lowest BCUT2D eigenvalue weighted by Crippen LogP contribution is -2.19. The number of hydrogen-bond donors (Lipinski definition) is 1. The summed E-state index contributed by atoms with van der Waals surface area (Å²) in [4.78, 5) is 35.0. The topological polar surface area (TPSA) is 81.7 Å². The third-order valence-corrected chi connectivity index (χ3v) is 3.91. The van der Waals surface area contributed by atoms with Crippen LogP contribution in [0.3, 0.4) is 0 Å². The number of hydrogen-bond acceptors (Lipinski definition) is 5. The maximum Gasteiger partial charge on any atom is 0.344 e. The van der Waals surface area contributed by atoms with Crippen LogP contribution in [0.4, 0.5) is 10.1 Å². The second kappa shape index (κ2) is 9.82. The third-order valence-electron chi connectivity index (χ3n) is 3.42. The van der Waals surface area contributed by atoms with Crippen LogP contribution in [0.1, 0.15) is 23.7 Å². The van der Waals surface area contributed by atoms with E-state index in [2.05, 4.69) is 21.2 Å². The standard InChI is InChI=1S/C19H17BrFNO5/c1-2-18(24)22-14-6-3-12(4-7-14)16(23)10-27-19(25)11-26-17-8-5-13(20)9-15(17)21/h3-9H,2,10-11H2,1H3,(H,22,24). The molecule has 1 amide bonds. The van der Waals surface area contributed by atoms with E-state index in [4.69, 9.17) is 9.47 Å². The molecule has 0 aromatic heterocycles. The summed E-state index contributed by atoms with van der Waals surface area (Å²) in [5.41, 5.74) is 0.900. The Bertz CT molecular complexity index is 838. The highest BCUT2D eigenvalue weighted by molar-refractivity contribution is 9.10. The van der Waals surface area contributed by atoms with Crippen LogP contribution in [0.15, 0.2) is 46.9 Å². The van der Waals surface area contributed by atoms with Crippen LogP contribution in [0.25, 0.3) is 0 Å². The van der Waals surface area contributed by atoms with Gasteiger partial charge in [0, 0.05) is 22.1 Å². The average Bonchev–Trinajstić information content (AvgIpc) is 2.65. The molecule has 0 unspecified atom stereocenters. The molecule has 6 nitrogen and oxygen atoms in total. The molecular weight excluding hydrogens is 421 g/mol. The molecule has 2 aromatic carbocycles. The monoisotopic (exact) mass is 437 g/mol. The fourth-order valence-electron chi connectivity index (χ4n) is 1.99. The van der Waals surface area contributed by atoms with Gasteiger partial charge in [-0.15, -0.1) is 0 Å². The highest BCUT2D eigenvalue weighted by Gasteiger charge is 2.12. The van der Waals surface area contributed by atoms with Crippen LogP contribution in [0, 0.1) is 5.82 Å². The summed E-state index contributed by atoms with van der Waals surface area (Å²) in [5.74, 6) is -2.05. The Labute approximate surface area is 163 Å². The van der Waals surface area contributed by atoms with Gasteiger partial charge in [0.05, 0.1) is 0 Å². The normalized spacial score (nSPS) is 10.2. The Morgan fingerprint density at radius 2 is 1.78 bits per heavy atom. The predicted molar refractivity (Wildman–Crippen MR) is 100 cm³/mol. The van der Waals surface area contributed by atoms with Crippen LogP contribution in [0.2, 0.25) is 0 Å². The zero-order valence-electron chi connectivity index (χ0n) is 14.5. The first-order valence-corrected chi connectivity index (χ1v) is 8.85. The van der Waals surface area contributed by atoms with Gasteiger partial charge in [-0.1, -0.05) is 22.9 Å². The van der Waals surface area contributed by atoms with Crippen molar-refractivity contribution in [2.75, 3.05) is 18.5 Å². The van der Waals surface area contributed by atoms with E-state index in [0.29, 0.717) is 22.1 Å². The van der Waals surface area contributed by atoms with E-state index in [1.807, 2.05) is 0 Å². The second-order valence-corrected chi connectivity index (χ2v) is 6.34. The lowest BCUT2D eigenvalue weighted by atomic mass is 10.1. The van der Waals surface area contributed by atoms with Gasteiger partial charge in [-0.25, -0.2) is 9.18 Å². The molecule has 0 aliphatic carbocycles. The molecule has 8 heteroatoms. The molecule has 1 N–H and O–H groups in total. The summed E-state index contributed by atoms with van der Waals surface area (Å²) in [7, 11) is 0. The van der Waals surface area contributed by atoms with Gasteiger partial charge < -0.3 is 14.8 Å².